The Labute approximate surface area is 179 Å². The monoisotopic (exact) mass is 421 g/mol. The largest absolute Gasteiger partial charge is 0.507 e. The molecule has 1 aliphatic heterocycles. The number of hydrogen-bond acceptors (Lipinski definition) is 4. The van der Waals surface area contributed by atoms with Crippen molar-refractivity contribution in [2.24, 2.45) is 0 Å². The van der Waals surface area contributed by atoms with Crippen LogP contribution in [0.2, 0.25) is 5.02 Å². The van der Waals surface area contributed by atoms with E-state index in [0.717, 1.165) is 11.1 Å². The van der Waals surface area contributed by atoms with Gasteiger partial charge in [-0.05, 0) is 62.7 Å². The van der Waals surface area contributed by atoms with Crippen LogP contribution in [0.1, 0.15) is 34.3 Å². The summed E-state index contributed by atoms with van der Waals surface area (Å²) in [5.74, 6) is -0.722. The third-order valence-corrected chi connectivity index (χ3v) is 5.44. The molecule has 1 fully saturated rings. The molecule has 0 aliphatic carbocycles. The average molecular weight is 422 g/mol. The summed E-state index contributed by atoms with van der Waals surface area (Å²) in [6, 6.07) is 14.8. The quantitative estimate of drug-likeness (QED) is 0.345. The van der Waals surface area contributed by atoms with Gasteiger partial charge in [-0.2, -0.15) is 0 Å². The average Bonchev–Trinajstić information content (AvgIpc) is 3.24. The van der Waals surface area contributed by atoms with Crippen molar-refractivity contribution in [1.82, 2.24) is 0 Å². The van der Waals surface area contributed by atoms with E-state index in [2.05, 4.69) is 0 Å². The predicted molar refractivity (Wildman–Crippen MR) is 116 cm³/mol. The molecule has 2 aromatic carbocycles. The highest BCUT2D eigenvalue weighted by atomic mass is 35.5. The van der Waals surface area contributed by atoms with Crippen molar-refractivity contribution < 1.29 is 19.1 Å². The summed E-state index contributed by atoms with van der Waals surface area (Å²) >= 11 is 6.13. The van der Waals surface area contributed by atoms with E-state index < -0.39 is 17.7 Å². The van der Waals surface area contributed by atoms with Gasteiger partial charge in [0.2, 0.25) is 0 Å². The molecule has 152 valence electrons. The Morgan fingerprint density at radius 2 is 1.80 bits per heavy atom. The number of rotatable bonds is 3. The fourth-order valence-corrected chi connectivity index (χ4v) is 3.91. The maximum Gasteiger partial charge on any atom is 0.300 e. The number of anilines is 1. The number of nitrogens with zero attached hydrogens (tertiary/aromatic N) is 1. The van der Waals surface area contributed by atoms with Gasteiger partial charge in [0.1, 0.15) is 23.3 Å². The van der Waals surface area contributed by atoms with Crippen LogP contribution in [0, 0.1) is 20.8 Å². The van der Waals surface area contributed by atoms with E-state index in [-0.39, 0.29) is 11.3 Å². The van der Waals surface area contributed by atoms with Crippen molar-refractivity contribution in [3.8, 4) is 0 Å². The van der Waals surface area contributed by atoms with E-state index >= 15 is 0 Å². The molecule has 4 rings (SSSR count). The van der Waals surface area contributed by atoms with E-state index in [9.17, 15) is 14.7 Å². The van der Waals surface area contributed by atoms with Gasteiger partial charge in [0, 0.05) is 16.3 Å². The van der Waals surface area contributed by atoms with E-state index in [4.69, 9.17) is 16.0 Å². The minimum atomic E-state index is -0.905. The van der Waals surface area contributed by atoms with Crippen molar-refractivity contribution in [2.45, 2.75) is 26.8 Å². The highest BCUT2D eigenvalue weighted by Crippen LogP contribution is 2.43. The summed E-state index contributed by atoms with van der Waals surface area (Å²) in [5.41, 5.74) is 2.66. The van der Waals surface area contributed by atoms with Gasteiger partial charge in [0.05, 0.1) is 5.57 Å². The van der Waals surface area contributed by atoms with Gasteiger partial charge in [-0.25, -0.2) is 0 Å². The Morgan fingerprint density at radius 1 is 1.03 bits per heavy atom. The standard InChI is InChI=1S/C24H20ClNO4/c1-13-7-8-14(2)18(11-13)22(27)20-21(19-10-9-15(3)30-19)26(24(29)23(20)28)17-6-4-5-16(25)12-17/h4-12,21,27H,1-3H3/b22-20-. The molecule has 2 heterocycles. The van der Waals surface area contributed by atoms with Gasteiger partial charge >= 0.3 is 0 Å². The second-order valence-electron chi connectivity index (χ2n) is 7.42. The lowest BCUT2D eigenvalue weighted by Gasteiger charge is -2.23. The Hall–Kier alpha value is -3.31. The molecule has 1 N–H and O–H groups in total. The van der Waals surface area contributed by atoms with Crippen LogP contribution in [-0.2, 0) is 9.59 Å². The van der Waals surface area contributed by atoms with Crippen molar-refractivity contribution in [1.29, 1.82) is 0 Å². The topological polar surface area (TPSA) is 70.8 Å². The highest BCUT2D eigenvalue weighted by molar-refractivity contribution is 6.51. The summed E-state index contributed by atoms with van der Waals surface area (Å²) < 4.78 is 5.79. The molecule has 1 aliphatic rings. The summed E-state index contributed by atoms with van der Waals surface area (Å²) in [6.07, 6.45) is 0. The van der Waals surface area contributed by atoms with Crippen LogP contribution in [0.25, 0.3) is 5.76 Å². The molecule has 5 nitrogen and oxygen atoms in total. The molecule has 0 bridgehead atoms. The molecule has 1 unspecified atom stereocenters. The molecule has 1 atom stereocenters. The first-order valence-electron chi connectivity index (χ1n) is 9.48. The lowest BCUT2D eigenvalue weighted by Crippen LogP contribution is -2.29. The number of hydrogen-bond donors (Lipinski definition) is 1. The van der Waals surface area contributed by atoms with E-state index in [0.29, 0.717) is 27.8 Å². The van der Waals surface area contributed by atoms with Gasteiger partial charge in [0.15, 0.2) is 0 Å². The predicted octanol–water partition coefficient (Wildman–Crippen LogP) is 5.48. The number of carbonyl (C=O) groups excluding carboxylic acids is 2. The molecule has 30 heavy (non-hydrogen) atoms. The summed E-state index contributed by atoms with van der Waals surface area (Å²) in [4.78, 5) is 27.5. The first kappa shape index (κ1) is 20.0. The van der Waals surface area contributed by atoms with Crippen LogP contribution < -0.4 is 4.90 Å². The summed E-state index contributed by atoms with van der Waals surface area (Å²) in [7, 11) is 0. The van der Waals surface area contributed by atoms with Crippen molar-refractivity contribution >= 4 is 34.7 Å². The first-order valence-corrected chi connectivity index (χ1v) is 9.86. The van der Waals surface area contributed by atoms with Crippen molar-refractivity contribution in [3.05, 3.63) is 93.4 Å². The van der Waals surface area contributed by atoms with E-state index in [1.54, 1.807) is 49.4 Å². The Balaban J connectivity index is 1.98. The van der Waals surface area contributed by atoms with Gasteiger partial charge in [-0.15, -0.1) is 0 Å². The molecule has 0 spiro atoms. The third-order valence-electron chi connectivity index (χ3n) is 5.21. The number of halogens is 1. The van der Waals surface area contributed by atoms with E-state index in [1.807, 2.05) is 26.0 Å². The molecule has 6 heteroatoms. The number of amides is 1. The SMILES string of the molecule is Cc1ccc(C)c(/C(O)=C2/C(=O)C(=O)N(c3cccc(Cl)c3)C2c2ccc(C)o2)c1. The number of aliphatic hydroxyl groups excluding tert-OH is 1. The highest BCUT2D eigenvalue weighted by Gasteiger charge is 2.48. The Kier molecular flexibility index (Phi) is 5.00. The molecule has 1 amide bonds. The molecular formula is C24H20ClNO4. The maximum absolute atomic E-state index is 13.1. The number of aryl methyl sites for hydroxylation is 3. The second kappa shape index (κ2) is 7.50. The summed E-state index contributed by atoms with van der Waals surface area (Å²) in [5, 5.41) is 11.6. The van der Waals surface area contributed by atoms with Gasteiger partial charge < -0.3 is 9.52 Å². The molecular weight excluding hydrogens is 402 g/mol. The minimum Gasteiger partial charge on any atom is -0.507 e. The number of carbonyl (C=O) groups is 2. The van der Waals surface area contributed by atoms with Crippen molar-refractivity contribution in [3.63, 3.8) is 0 Å². The van der Waals surface area contributed by atoms with Crippen LogP contribution in [0.5, 0.6) is 0 Å². The number of benzene rings is 2. The molecule has 1 aromatic heterocycles. The van der Waals surface area contributed by atoms with Crippen LogP contribution in [0.15, 0.2) is 64.6 Å². The van der Waals surface area contributed by atoms with Crippen molar-refractivity contribution in [2.75, 3.05) is 4.90 Å². The normalized spacial score (nSPS) is 18.3. The van der Waals surface area contributed by atoms with Gasteiger partial charge in [0.25, 0.3) is 11.7 Å². The lowest BCUT2D eigenvalue weighted by molar-refractivity contribution is -0.132. The molecule has 1 saturated heterocycles. The number of aliphatic hydroxyl groups is 1. The zero-order chi connectivity index (χ0) is 21.6. The lowest BCUT2D eigenvalue weighted by atomic mass is 9.96. The number of Topliss-reactive ketones (excluding diaryl/α,β-unsaturated/α-hetero) is 1. The smallest absolute Gasteiger partial charge is 0.300 e. The van der Waals surface area contributed by atoms with Crippen LogP contribution in [0.4, 0.5) is 5.69 Å². The Morgan fingerprint density at radius 3 is 2.47 bits per heavy atom. The minimum absolute atomic E-state index is 0.0111. The maximum atomic E-state index is 13.1. The zero-order valence-electron chi connectivity index (χ0n) is 16.8. The molecule has 0 radical (unpaired) electrons. The van der Waals surface area contributed by atoms with Crippen LogP contribution >= 0.6 is 11.6 Å². The third kappa shape index (κ3) is 3.31. The number of furan rings is 1. The number of ketones is 1. The molecule has 0 saturated carbocycles. The summed E-state index contributed by atoms with van der Waals surface area (Å²) in [6.45, 7) is 5.52. The zero-order valence-corrected chi connectivity index (χ0v) is 17.5. The first-order chi connectivity index (χ1) is 14.3. The molecule has 3 aromatic rings. The fraction of sp³-hybridized carbons (Fsp3) is 0.167. The van der Waals surface area contributed by atoms with Gasteiger partial charge in [-0.3, -0.25) is 14.5 Å². The van der Waals surface area contributed by atoms with Crippen LogP contribution in [-0.4, -0.2) is 16.8 Å². The Bertz CT molecular complexity index is 1210. The van der Waals surface area contributed by atoms with E-state index in [1.165, 1.54) is 4.90 Å². The van der Waals surface area contributed by atoms with Gasteiger partial charge in [-0.1, -0.05) is 35.4 Å². The fourth-order valence-electron chi connectivity index (χ4n) is 3.73. The second-order valence-corrected chi connectivity index (χ2v) is 7.85. The van der Waals surface area contributed by atoms with Crippen LogP contribution in [0.3, 0.4) is 0 Å².